The second kappa shape index (κ2) is 5.14. The number of amides is 1. The molecule has 1 saturated heterocycles. The maximum atomic E-state index is 11.4. The van der Waals surface area contributed by atoms with Crippen LogP contribution < -0.4 is 10.6 Å². The topological polar surface area (TPSA) is 66.5 Å². The summed E-state index contributed by atoms with van der Waals surface area (Å²) in [5.74, 6) is 0.798. The minimum absolute atomic E-state index is 0.0310. The Morgan fingerprint density at radius 1 is 1.47 bits per heavy atom. The molecule has 0 aromatic carbocycles. The smallest absolute Gasteiger partial charge is 0.251 e. The Balaban J connectivity index is 1.64. The van der Waals surface area contributed by atoms with Crippen LogP contribution in [0.15, 0.2) is 18.2 Å². The highest BCUT2D eigenvalue weighted by Gasteiger charge is 2.40. The Kier molecular flexibility index (Phi) is 3.58. The second-order valence-electron chi connectivity index (χ2n) is 4.14. The van der Waals surface area contributed by atoms with Crippen molar-refractivity contribution in [2.75, 3.05) is 18.4 Å². The number of aryl methyl sites for hydroxylation is 1. The van der Waals surface area contributed by atoms with E-state index in [1.807, 2.05) is 32.0 Å². The molecule has 0 bridgehead atoms. The number of nitrogens with one attached hydrogen (secondary N) is 2. The van der Waals surface area contributed by atoms with Gasteiger partial charge in [-0.2, -0.15) is 0 Å². The van der Waals surface area contributed by atoms with Crippen molar-refractivity contribution < 1.29 is 9.53 Å². The van der Waals surface area contributed by atoms with Crippen LogP contribution in [0.2, 0.25) is 0 Å². The van der Waals surface area contributed by atoms with Crippen LogP contribution in [-0.4, -0.2) is 36.2 Å². The SMILES string of the molecule is Cc1cccc(NCCNC(=O)[C@@H]2O[C@H]2C)n1. The minimum Gasteiger partial charge on any atom is -0.368 e. The van der Waals surface area contributed by atoms with E-state index in [9.17, 15) is 4.79 Å². The fraction of sp³-hybridized carbons (Fsp3) is 0.500. The van der Waals surface area contributed by atoms with E-state index in [1.54, 1.807) is 0 Å². The Hall–Kier alpha value is -1.62. The largest absolute Gasteiger partial charge is 0.368 e. The van der Waals surface area contributed by atoms with Crippen LogP contribution in [0.5, 0.6) is 0 Å². The van der Waals surface area contributed by atoms with Gasteiger partial charge in [-0.25, -0.2) is 4.98 Å². The molecule has 17 heavy (non-hydrogen) atoms. The summed E-state index contributed by atoms with van der Waals surface area (Å²) in [5, 5.41) is 5.95. The van der Waals surface area contributed by atoms with E-state index >= 15 is 0 Å². The highest BCUT2D eigenvalue weighted by molar-refractivity contribution is 5.83. The molecule has 0 radical (unpaired) electrons. The van der Waals surface area contributed by atoms with E-state index in [-0.39, 0.29) is 18.1 Å². The number of pyridine rings is 1. The van der Waals surface area contributed by atoms with Crippen LogP contribution in [0.4, 0.5) is 5.82 Å². The molecular formula is C12H17N3O2. The lowest BCUT2D eigenvalue weighted by Crippen LogP contribution is -2.32. The van der Waals surface area contributed by atoms with Crippen LogP contribution >= 0.6 is 0 Å². The monoisotopic (exact) mass is 235 g/mol. The molecule has 1 aromatic rings. The van der Waals surface area contributed by atoms with Crippen molar-refractivity contribution in [3.8, 4) is 0 Å². The van der Waals surface area contributed by atoms with E-state index in [0.29, 0.717) is 13.1 Å². The summed E-state index contributed by atoms with van der Waals surface area (Å²) in [6, 6.07) is 5.79. The normalized spacial score (nSPS) is 22.0. The molecule has 0 spiro atoms. The molecule has 0 saturated carbocycles. The first-order valence-electron chi connectivity index (χ1n) is 5.77. The van der Waals surface area contributed by atoms with E-state index < -0.39 is 0 Å². The summed E-state index contributed by atoms with van der Waals surface area (Å²) in [6.07, 6.45) is -0.173. The van der Waals surface area contributed by atoms with Crippen molar-refractivity contribution in [1.82, 2.24) is 10.3 Å². The molecular weight excluding hydrogens is 218 g/mol. The summed E-state index contributed by atoms with van der Waals surface area (Å²) in [5.41, 5.74) is 0.972. The lowest BCUT2D eigenvalue weighted by molar-refractivity contribution is -0.122. The number of hydrogen-bond donors (Lipinski definition) is 2. The first-order chi connectivity index (χ1) is 8.16. The molecule has 2 rings (SSSR count). The molecule has 1 aliphatic heterocycles. The standard InChI is InChI=1S/C12H17N3O2/c1-8-4-3-5-10(15-8)13-6-7-14-12(16)11-9(2)17-11/h3-5,9,11H,6-7H2,1-2H3,(H,13,15)(H,14,16)/t9-,11+/m0/s1. The quantitative estimate of drug-likeness (QED) is 0.582. The number of carbonyl (C=O) groups excluding carboxylic acids is 1. The van der Waals surface area contributed by atoms with Crippen LogP contribution in [-0.2, 0) is 9.53 Å². The summed E-state index contributed by atoms with van der Waals surface area (Å²) in [7, 11) is 0. The van der Waals surface area contributed by atoms with Crippen LogP contribution in [0.3, 0.4) is 0 Å². The summed E-state index contributed by atoms with van der Waals surface area (Å²) in [6.45, 7) is 5.06. The van der Waals surface area contributed by atoms with Crippen molar-refractivity contribution in [3.63, 3.8) is 0 Å². The van der Waals surface area contributed by atoms with Gasteiger partial charge in [-0.15, -0.1) is 0 Å². The Labute approximate surface area is 101 Å². The molecule has 5 nitrogen and oxygen atoms in total. The van der Waals surface area contributed by atoms with Gasteiger partial charge in [0.15, 0.2) is 6.10 Å². The third-order valence-corrected chi connectivity index (χ3v) is 2.59. The predicted molar refractivity (Wildman–Crippen MR) is 64.8 cm³/mol. The molecule has 1 aliphatic rings. The molecule has 1 fully saturated rings. The number of hydrogen-bond acceptors (Lipinski definition) is 4. The number of anilines is 1. The van der Waals surface area contributed by atoms with E-state index in [2.05, 4.69) is 15.6 Å². The summed E-state index contributed by atoms with van der Waals surface area (Å²) >= 11 is 0. The van der Waals surface area contributed by atoms with Gasteiger partial charge in [0.1, 0.15) is 5.82 Å². The van der Waals surface area contributed by atoms with Gasteiger partial charge >= 0.3 is 0 Å². The molecule has 0 aliphatic carbocycles. The van der Waals surface area contributed by atoms with Gasteiger partial charge in [-0.3, -0.25) is 4.79 Å². The van der Waals surface area contributed by atoms with Crippen LogP contribution in [0.1, 0.15) is 12.6 Å². The number of ether oxygens (including phenoxy) is 1. The second-order valence-corrected chi connectivity index (χ2v) is 4.14. The first kappa shape index (κ1) is 11.9. The van der Waals surface area contributed by atoms with Crippen LogP contribution in [0.25, 0.3) is 0 Å². The van der Waals surface area contributed by atoms with Gasteiger partial charge in [-0.05, 0) is 26.0 Å². The van der Waals surface area contributed by atoms with Gasteiger partial charge in [0.05, 0.1) is 6.10 Å². The first-order valence-corrected chi connectivity index (χ1v) is 5.77. The van der Waals surface area contributed by atoms with E-state index in [0.717, 1.165) is 11.5 Å². The highest BCUT2D eigenvalue weighted by atomic mass is 16.6. The van der Waals surface area contributed by atoms with Crippen molar-refractivity contribution in [2.24, 2.45) is 0 Å². The molecule has 2 atom stereocenters. The number of aromatic nitrogens is 1. The number of rotatable bonds is 5. The van der Waals surface area contributed by atoms with Crippen molar-refractivity contribution in [1.29, 1.82) is 0 Å². The van der Waals surface area contributed by atoms with Gasteiger partial charge in [0, 0.05) is 18.8 Å². The number of nitrogens with zero attached hydrogens (tertiary/aromatic N) is 1. The van der Waals surface area contributed by atoms with Gasteiger partial charge in [0.2, 0.25) is 0 Å². The lowest BCUT2D eigenvalue weighted by atomic mass is 10.3. The van der Waals surface area contributed by atoms with Gasteiger partial charge in [-0.1, -0.05) is 6.07 Å². The average Bonchev–Trinajstić information content (AvgIpc) is 3.02. The maximum Gasteiger partial charge on any atom is 0.251 e. The molecule has 0 unspecified atom stereocenters. The Morgan fingerprint density at radius 3 is 2.88 bits per heavy atom. The zero-order valence-electron chi connectivity index (χ0n) is 10.1. The zero-order chi connectivity index (χ0) is 12.3. The number of epoxide rings is 1. The Morgan fingerprint density at radius 2 is 2.24 bits per heavy atom. The summed E-state index contributed by atoms with van der Waals surface area (Å²) in [4.78, 5) is 15.7. The molecule has 1 amide bonds. The van der Waals surface area contributed by atoms with Gasteiger partial charge < -0.3 is 15.4 Å². The average molecular weight is 235 g/mol. The van der Waals surface area contributed by atoms with E-state index in [1.165, 1.54) is 0 Å². The van der Waals surface area contributed by atoms with E-state index in [4.69, 9.17) is 4.74 Å². The highest BCUT2D eigenvalue weighted by Crippen LogP contribution is 2.20. The lowest BCUT2D eigenvalue weighted by Gasteiger charge is -2.06. The minimum atomic E-state index is -0.243. The van der Waals surface area contributed by atoms with Crippen molar-refractivity contribution in [2.45, 2.75) is 26.1 Å². The fourth-order valence-corrected chi connectivity index (χ4v) is 1.58. The molecule has 92 valence electrons. The Bertz CT molecular complexity index is 408. The molecule has 2 N–H and O–H groups in total. The van der Waals surface area contributed by atoms with Gasteiger partial charge in [0.25, 0.3) is 5.91 Å². The fourth-order valence-electron chi connectivity index (χ4n) is 1.58. The zero-order valence-corrected chi connectivity index (χ0v) is 10.1. The molecule has 2 heterocycles. The number of carbonyl (C=O) groups is 1. The van der Waals surface area contributed by atoms with Crippen LogP contribution in [0, 0.1) is 6.92 Å². The predicted octanol–water partition coefficient (Wildman–Crippen LogP) is 0.705. The van der Waals surface area contributed by atoms with Crippen molar-refractivity contribution >= 4 is 11.7 Å². The van der Waals surface area contributed by atoms with Crippen molar-refractivity contribution in [3.05, 3.63) is 23.9 Å². The maximum absolute atomic E-state index is 11.4. The third-order valence-electron chi connectivity index (χ3n) is 2.59. The third kappa shape index (κ3) is 3.42. The molecule has 1 aromatic heterocycles. The molecule has 5 heteroatoms. The summed E-state index contributed by atoms with van der Waals surface area (Å²) < 4.78 is 5.06.